The van der Waals surface area contributed by atoms with Gasteiger partial charge in [0.1, 0.15) is 4.33 Å². The van der Waals surface area contributed by atoms with Gasteiger partial charge in [-0.3, -0.25) is 4.79 Å². The molecule has 2 N–H and O–H groups in total. The van der Waals surface area contributed by atoms with Gasteiger partial charge in [0.25, 0.3) is 0 Å². The molecule has 0 aromatic heterocycles. The molecule has 0 aromatic carbocycles. The van der Waals surface area contributed by atoms with Crippen molar-refractivity contribution >= 4 is 29.1 Å². The first kappa shape index (κ1) is 12.1. The van der Waals surface area contributed by atoms with Crippen LogP contribution in [0.25, 0.3) is 0 Å². The van der Waals surface area contributed by atoms with Gasteiger partial charge in [-0.25, -0.2) is 0 Å². The van der Waals surface area contributed by atoms with Crippen molar-refractivity contribution in [3.05, 3.63) is 0 Å². The number of aliphatic hydroxyl groups is 1. The lowest BCUT2D eigenvalue weighted by atomic mass is 10.1. The molecule has 1 saturated carbocycles. The third-order valence-electron chi connectivity index (χ3n) is 2.61. The first-order chi connectivity index (χ1) is 6.29. The Balaban J connectivity index is 2.31. The van der Waals surface area contributed by atoms with Gasteiger partial charge in [0.15, 0.2) is 0 Å². The number of hydrogen-bond acceptors (Lipinski definition) is 2. The van der Waals surface area contributed by atoms with Crippen molar-refractivity contribution in [2.24, 2.45) is 5.41 Å². The van der Waals surface area contributed by atoms with Crippen LogP contribution in [-0.2, 0) is 4.79 Å². The third kappa shape index (κ3) is 2.33. The molecule has 2 unspecified atom stereocenters. The van der Waals surface area contributed by atoms with E-state index in [0.29, 0.717) is 19.4 Å². The monoisotopic (exact) mass is 239 g/mol. The summed E-state index contributed by atoms with van der Waals surface area (Å²) in [6.45, 7) is 3.87. The molecule has 0 spiro atoms. The third-order valence-corrected chi connectivity index (χ3v) is 3.71. The second-order valence-electron chi connectivity index (χ2n) is 4.11. The Hall–Kier alpha value is 0.01000. The highest BCUT2D eigenvalue weighted by Gasteiger charge is 2.67. The van der Waals surface area contributed by atoms with Gasteiger partial charge < -0.3 is 10.4 Å². The Morgan fingerprint density at radius 3 is 2.50 bits per heavy atom. The SMILES string of the molecule is CC(O)CCNC(=O)C1(C)CC1(Cl)Cl. The summed E-state index contributed by atoms with van der Waals surface area (Å²) in [5.41, 5.74) is -0.658. The minimum Gasteiger partial charge on any atom is -0.393 e. The van der Waals surface area contributed by atoms with Crippen molar-refractivity contribution < 1.29 is 9.90 Å². The van der Waals surface area contributed by atoms with Gasteiger partial charge in [0.2, 0.25) is 5.91 Å². The van der Waals surface area contributed by atoms with Crippen LogP contribution in [0.15, 0.2) is 0 Å². The molecule has 0 saturated heterocycles. The molecule has 1 rings (SSSR count). The molecule has 1 amide bonds. The Labute approximate surface area is 93.8 Å². The molecule has 5 heteroatoms. The average molecular weight is 240 g/mol. The highest BCUT2D eigenvalue weighted by atomic mass is 35.5. The highest BCUT2D eigenvalue weighted by molar-refractivity contribution is 6.53. The molecular weight excluding hydrogens is 225 g/mol. The van der Waals surface area contributed by atoms with Crippen molar-refractivity contribution in [2.45, 2.75) is 37.1 Å². The minimum atomic E-state index is -0.915. The maximum atomic E-state index is 11.6. The van der Waals surface area contributed by atoms with Gasteiger partial charge in [-0.05, 0) is 26.7 Å². The van der Waals surface area contributed by atoms with E-state index < -0.39 is 15.9 Å². The average Bonchev–Trinajstić information content (AvgIpc) is 2.51. The zero-order valence-corrected chi connectivity index (χ0v) is 9.82. The fourth-order valence-electron chi connectivity index (χ4n) is 1.24. The quantitative estimate of drug-likeness (QED) is 0.731. The van der Waals surface area contributed by atoms with E-state index in [9.17, 15) is 4.79 Å². The number of nitrogens with one attached hydrogen (secondary N) is 1. The van der Waals surface area contributed by atoms with Crippen molar-refractivity contribution in [1.29, 1.82) is 0 Å². The summed E-state index contributed by atoms with van der Waals surface area (Å²) in [4.78, 5) is 11.6. The molecule has 0 radical (unpaired) electrons. The Morgan fingerprint density at radius 2 is 2.14 bits per heavy atom. The van der Waals surface area contributed by atoms with Gasteiger partial charge in [-0.15, -0.1) is 23.2 Å². The Morgan fingerprint density at radius 1 is 1.64 bits per heavy atom. The minimum absolute atomic E-state index is 0.136. The summed E-state index contributed by atoms with van der Waals surface area (Å²) < 4.78 is -0.915. The van der Waals surface area contributed by atoms with E-state index in [2.05, 4.69) is 5.32 Å². The van der Waals surface area contributed by atoms with Crippen LogP contribution < -0.4 is 5.32 Å². The smallest absolute Gasteiger partial charge is 0.229 e. The van der Waals surface area contributed by atoms with E-state index in [0.717, 1.165) is 0 Å². The van der Waals surface area contributed by atoms with Gasteiger partial charge in [0.05, 0.1) is 11.5 Å². The second kappa shape index (κ2) is 3.87. The predicted octanol–water partition coefficient (Wildman–Crippen LogP) is 1.46. The first-order valence-corrected chi connectivity index (χ1v) is 5.39. The summed E-state index contributed by atoms with van der Waals surface area (Å²) in [6.07, 6.45) is 0.627. The maximum absolute atomic E-state index is 11.6. The van der Waals surface area contributed by atoms with Gasteiger partial charge in [-0.1, -0.05) is 0 Å². The fraction of sp³-hybridized carbons (Fsp3) is 0.889. The molecule has 1 aliphatic carbocycles. The van der Waals surface area contributed by atoms with E-state index in [-0.39, 0.29) is 5.91 Å². The normalized spacial score (nSPS) is 30.9. The zero-order valence-electron chi connectivity index (χ0n) is 8.31. The molecule has 3 nitrogen and oxygen atoms in total. The number of rotatable bonds is 4. The number of carbonyl (C=O) groups excluding carboxylic acids is 1. The lowest BCUT2D eigenvalue weighted by Crippen LogP contribution is -2.34. The number of halogens is 2. The summed E-state index contributed by atoms with van der Waals surface area (Å²) in [5, 5.41) is 11.7. The summed E-state index contributed by atoms with van der Waals surface area (Å²) in [7, 11) is 0. The van der Waals surface area contributed by atoms with Gasteiger partial charge in [-0.2, -0.15) is 0 Å². The van der Waals surface area contributed by atoms with E-state index >= 15 is 0 Å². The highest BCUT2D eigenvalue weighted by Crippen LogP contribution is 2.63. The largest absolute Gasteiger partial charge is 0.393 e. The molecule has 14 heavy (non-hydrogen) atoms. The van der Waals surface area contributed by atoms with Crippen molar-refractivity contribution in [2.75, 3.05) is 6.54 Å². The van der Waals surface area contributed by atoms with Crippen molar-refractivity contribution in [3.63, 3.8) is 0 Å². The van der Waals surface area contributed by atoms with E-state index in [1.807, 2.05) is 0 Å². The molecular formula is C9H15Cl2NO2. The molecule has 82 valence electrons. The molecule has 0 aromatic rings. The van der Waals surface area contributed by atoms with Crippen LogP contribution in [0.4, 0.5) is 0 Å². The van der Waals surface area contributed by atoms with Crippen LogP contribution in [0.3, 0.4) is 0 Å². The summed E-state index contributed by atoms with van der Waals surface area (Å²) in [5.74, 6) is -0.136. The van der Waals surface area contributed by atoms with Crippen molar-refractivity contribution in [1.82, 2.24) is 5.32 Å². The molecule has 1 aliphatic rings. The van der Waals surface area contributed by atoms with Gasteiger partial charge >= 0.3 is 0 Å². The lowest BCUT2D eigenvalue weighted by molar-refractivity contribution is -0.125. The van der Waals surface area contributed by atoms with Crippen LogP contribution in [-0.4, -0.2) is 28.0 Å². The molecule has 0 bridgehead atoms. The van der Waals surface area contributed by atoms with E-state index in [1.54, 1.807) is 13.8 Å². The van der Waals surface area contributed by atoms with Crippen molar-refractivity contribution in [3.8, 4) is 0 Å². The molecule has 0 heterocycles. The van der Waals surface area contributed by atoms with Crippen LogP contribution in [0.5, 0.6) is 0 Å². The number of alkyl halides is 2. The van der Waals surface area contributed by atoms with Crippen LogP contribution in [0.2, 0.25) is 0 Å². The Bertz CT molecular complexity index is 243. The standard InChI is InChI=1S/C9H15Cl2NO2/c1-6(13)3-4-12-7(14)8(2)5-9(8,10)11/h6,13H,3-5H2,1-2H3,(H,12,14). The maximum Gasteiger partial charge on any atom is 0.229 e. The van der Waals surface area contributed by atoms with Crippen LogP contribution in [0, 0.1) is 5.41 Å². The van der Waals surface area contributed by atoms with E-state index in [4.69, 9.17) is 28.3 Å². The Kier molecular flexibility index (Phi) is 3.34. The summed E-state index contributed by atoms with van der Waals surface area (Å²) >= 11 is 11.7. The van der Waals surface area contributed by atoms with E-state index in [1.165, 1.54) is 0 Å². The van der Waals surface area contributed by atoms with Crippen LogP contribution in [0.1, 0.15) is 26.7 Å². The van der Waals surface area contributed by atoms with Crippen LogP contribution >= 0.6 is 23.2 Å². The second-order valence-corrected chi connectivity index (χ2v) is 5.59. The molecule has 1 fully saturated rings. The number of carbonyl (C=O) groups is 1. The number of amides is 1. The predicted molar refractivity (Wildman–Crippen MR) is 56.5 cm³/mol. The fourth-order valence-corrected chi connectivity index (χ4v) is 1.94. The topological polar surface area (TPSA) is 49.3 Å². The first-order valence-electron chi connectivity index (χ1n) is 4.64. The summed E-state index contributed by atoms with van der Waals surface area (Å²) in [6, 6.07) is 0. The zero-order chi connectivity index (χ0) is 11.0. The molecule has 2 atom stereocenters. The number of hydrogen-bond donors (Lipinski definition) is 2. The van der Waals surface area contributed by atoms with Gasteiger partial charge in [0, 0.05) is 6.54 Å². The molecule has 0 aliphatic heterocycles. The lowest BCUT2D eigenvalue weighted by Gasteiger charge is -2.12. The number of aliphatic hydroxyl groups excluding tert-OH is 1.